The third kappa shape index (κ3) is 2.15. The molecule has 1 heterocycles. The lowest BCUT2D eigenvalue weighted by molar-refractivity contribution is -0.138. The highest BCUT2D eigenvalue weighted by molar-refractivity contribution is 6.00. The number of hydrogen-bond acceptors (Lipinski definition) is 3. The molecular weight excluding hydrogens is 180 g/mol. The van der Waals surface area contributed by atoms with Gasteiger partial charge in [-0.3, -0.25) is 4.79 Å². The van der Waals surface area contributed by atoms with Crippen LogP contribution in [0.25, 0.3) is 0 Å². The molecule has 3 nitrogen and oxygen atoms in total. The third-order valence-electron chi connectivity index (χ3n) is 2.75. The van der Waals surface area contributed by atoms with Crippen LogP contribution in [0.2, 0.25) is 0 Å². The maximum Gasteiger partial charge on any atom is 0.228 e. The number of Topliss-reactive ketones (excluding diaryl/α,β-unsaturated/α-hetero) is 1. The molecule has 0 bridgehead atoms. The number of hydrogen-bond donors (Lipinski definition) is 1. The van der Waals surface area contributed by atoms with Crippen LogP contribution in [0, 0.1) is 0 Å². The molecule has 0 aromatic rings. The average molecular weight is 198 g/mol. The zero-order valence-corrected chi connectivity index (χ0v) is 8.88. The monoisotopic (exact) mass is 198 g/mol. The summed E-state index contributed by atoms with van der Waals surface area (Å²) in [5.74, 6) is 0.0876. The van der Waals surface area contributed by atoms with Crippen molar-refractivity contribution >= 4 is 5.78 Å². The summed E-state index contributed by atoms with van der Waals surface area (Å²) in [5.41, 5.74) is -1.23. The van der Waals surface area contributed by atoms with Gasteiger partial charge in [0.2, 0.25) is 5.78 Å². The molecular formula is C11H18O3. The molecule has 0 saturated heterocycles. The molecule has 0 amide bonds. The smallest absolute Gasteiger partial charge is 0.228 e. The van der Waals surface area contributed by atoms with Crippen LogP contribution in [0.1, 0.15) is 39.5 Å². The van der Waals surface area contributed by atoms with Crippen molar-refractivity contribution in [2.45, 2.75) is 45.1 Å². The minimum absolute atomic E-state index is 0.262. The number of ketones is 1. The fourth-order valence-electron chi connectivity index (χ4n) is 1.52. The molecule has 0 aromatic heterocycles. The van der Waals surface area contributed by atoms with Crippen LogP contribution in [0.4, 0.5) is 0 Å². The summed E-state index contributed by atoms with van der Waals surface area (Å²) in [6, 6.07) is 0. The van der Waals surface area contributed by atoms with Gasteiger partial charge < -0.3 is 9.84 Å². The number of carbonyl (C=O) groups is 1. The molecule has 1 aliphatic rings. The fraction of sp³-hybridized carbons (Fsp3) is 0.727. The van der Waals surface area contributed by atoms with E-state index in [-0.39, 0.29) is 5.78 Å². The molecule has 0 unspecified atom stereocenters. The van der Waals surface area contributed by atoms with E-state index in [9.17, 15) is 9.90 Å². The first-order valence-electron chi connectivity index (χ1n) is 5.24. The van der Waals surface area contributed by atoms with E-state index in [1.54, 1.807) is 6.08 Å². The molecule has 1 aliphatic heterocycles. The third-order valence-corrected chi connectivity index (χ3v) is 2.75. The van der Waals surface area contributed by atoms with Gasteiger partial charge in [0.1, 0.15) is 5.60 Å². The van der Waals surface area contributed by atoms with Gasteiger partial charge in [0.05, 0.1) is 6.61 Å². The van der Waals surface area contributed by atoms with Crippen molar-refractivity contribution in [1.82, 2.24) is 0 Å². The summed E-state index contributed by atoms with van der Waals surface area (Å²) < 4.78 is 5.24. The Labute approximate surface area is 84.8 Å². The highest BCUT2D eigenvalue weighted by atomic mass is 16.5. The molecule has 3 heteroatoms. The van der Waals surface area contributed by atoms with Gasteiger partial charge in [0.15, 0.2) is 5.76 Å². The van der Waals surface area contributed by atoms with Crippen LogP contribution in [0.15, 0.2) is 11.8 Å². The van der Waals surface area contributed by atoms with E-state index in [1.165, 1.54) is 0 Å². The summed E-state index contributed by atoms with van der Waals surface area (Å²) in [6.07, 6.45) is 4.46. The van der Waals surface area contributed by atoms with Gasteiger partial charge in [0, 0.05) is 0 Å². The van der Waals surface area contributed by atoms with Gasteiger partial charge >= 0.3 is 0 Å². The lowest BCUT2D eigenvalue weighted by atomic mass is 9.90. The van der Waals surface area contributed by atoms with E-state index in [0.717, 1.165) is 12.8 Å². The Morgan fingerprint density at radius 1 is 1.57 bits per heavy atom. The molecule has 0 fully saturated rings. The highest BCUT2D eigenvalue weighted by Gasteiger charge is 2.35. The number of ether oxygens (including phenoxy) is 1. The zero-order valence-electron chi connectivity index (χ0n) is 8.88. The van der Waals surface area contributed by atoms with E-state index >= 15 is 0 Å². The summed E-state index contributed by atoms with van der Waals surface area (Å²) in [7, 11) is 0. The summed E-state index contributed by atoms with van der Waals surface area (Å²) in [6.45, 7) is 4.21. The maximum atomic E-state index is 11.8. The predicted octanol–water partition coefficient (Wildman–Crippen LogP) is 1.80. The van der Waals surface area contributed by atoms with E-state index < -0.39 is 5.60 Å². The Morgan fingerprint density at radius 2 is 2.21 bits per heavy atom. The summed E-state index contributed by atoms with van der Waals surface area (Å²) in [5, 5.41) is 9.98. The van der Waals surface area contributed by atoms with E-state index in [1.807, 2.05) is 13.8 Å². The Morgan fingerprint density at radius 3 is 2.64 bits per heavy atom. The Kier molecular flexibility index (Phi) is 3.69. The van der Waals surface area contributed by atoms with Crippen LogP contribution < -0.4 is 0 Å². The van der Waals surface area contributed by atoms with Crippen molar-refractivity contribution in [2.24, 2.45) is 0 Å². The molecule has 14 heavy (non-hydrogen) atoms. The van der Waals surface area contributed by atoms with E-state index in [0.29, 0.717) is 25.2 Å². The Hall–Kier alpha value is -0.830. The number of allylic oxidation sites excluding steroid dienone is 1. The Balaban J connectivity index is 2.76. The molecule has 0 saturated carbocycles. The summed E-state index contributed by atoms with van der Waals surface area (Å²) >= 11 is 0. The van der Waals surface area contributed by atoms with Crippen LogP contribution in [0.5, 0.6) is 0 Å². The predicted molar refractivity (Wildman–Crippen MR) is 53.8 cm³/mol. The lowest BCUT2D eigenvalue weighted by Gasteiger charge is -2.25. The quantitative estimate of drug-likeness (QED) is 0.749. The Bertz CT molecular complexity index is 239. The average Bonchev–Trinajstić information content (AvgIpc) is 2.28. The van der Waals surface area contributed by atoms with Crippen molar-refractivity contribution in [3.05, 3.63) is 11.8 Å². The van der Waals surface area contributed by atoms with Gasteiger partial charge in [-0.05, 0) is 31.8 Å². The lowest BCUT2D eigenvalue weighted by Crippen LogP contribution is -2.39. The van der Waals surface area contributed by atoms with Crippen molar-refractivity contribution in [1.29, 1.82) is 0 Å². The molecule has 1 rings (SSSR count). The molecule has 0 aromatic carbocycles. The second-order valence-electron chi connectivity index (χ2n) is 3.63. The van der Waals surface area contributed by atoms with Crippen LogP contribution in [-0.2, 0) is 9.53 Å². The molecule has 1 N–H and O–H groups in total. The van der Waals surface area contributed by atoms with Gasteiger partial charge in [0.25, 0.3) is 0 Å². The standard InChI is InChI=1S/C11H18O3/c1-3-11(13,4-2)10(12)9-7-5-6-8-14-9/h7,13H,3-6,8H2,1-2H3. The highest BCUT2D eigenvalue weighted by Crippen LogP contribution is 2.23. The topological polar surface area (TPSA) is 46.5 Å². The first kappa shape index (κ1) is 11.2. The van der Waals surface area contributed by atoms with Crippen molar-refractivity contribution in [2.75, 3.05) is 6.61 Å². The molecule has 0 aliphatic carbocycles. The minimum Gasteiger partial charge on any atom is -0.490 e. The normalized spacial score (nSPS) is 17.2. The number of carbonyl (C=O) groups excluding carboxylic acids is 1. The molecule has 0 spiro atoms. The largest absolute Gasteiger partial charge is 0.490 e. The molecule has 80 valence electrons. The van der Waals surface area contributed by atoms with Gasteiger partial charge in [-0.25, -0.2) is 0 Å². The molecule has 0 radical (unpaired) electrons. The van der Waals surface area contributed by atoms with Crippen LogP contribution in [-0.4, -0.2) is 23.1 Å². The first-order valence-corrected chi connectivity index (χ1v) is 5.24. The van der Waals surface area contributed by atoms with Gasteiger partial charge in [-0.15, -0.1) is 0 Å². The maximum absolute atomic E-state index is 11.8. The van der Waals surface area contributed by atoms with Gasteiger partial charge in [-0.1, -0.05) is 13.8 Å². The van der Waals surface area contributed by atoms with Crippen LogP contribution >= 0.6 is 0 Å². The van der Waals surface area contributed by atoms with E-state index in [2.05, 4.69) is 0 Å². The summed E-state index contributed by atoms with van der Waals surface area (Å²) in [4.78, 5) is 11.8. The second-order valence-corrected chi connectivity index (χ2v) is 3.63. The van der Waals surface area contributed by atoms with Crippen molar-refractivity contribution in [3.63, 3.8) is 0 Å². The van der Waals surface area contributed by atoms with Gasteiger partial charge in [-0.2, -0.15) is 0 Å². The first-order chi connectivity index (χ1) is 6.64. The number of rotatable bonds is 4. The fourth-order valence-corrected chi connectivity index (χ4v) is 1.52. The minimum atomic E-state index is -1.23. The second kappa shape index (κ2) is 4.60. The SMILES string of the molecule is CCC(O)(CC)C(=O)C1=CCCCO1. The van der Waals surface area contributed by atoms with Crippen molar-refractivity contribution < 1.29 is 14.6 Å². The van der Waals surface area contributed by atoms with Crippen molar-refractivity contribution in [3.8, 4) is 0 Å². The zero-order chi connectivity index (χ0) is 10.6. The molecule has 0 atom stereocenters. The van der Waals surface area contributed by atoms with E-state index in [4.69, 9.17) is 4.74 Å². The van der Waals surface area contributed by atoms with Crippen LogP contribution in [0.3, 0.4) is 0 Å². The number of aliphatic hydroxyl groups is 1.